The van der Waals surface area contributed by atoms with Gasteiger partial charge in [0.25, 0.3) is 0 Å². The van der Waals surface area contributed by atoms with Gasteiger partial charge in [-0.15, -0.1) is 0 Å². The molecular weight excluding hydrogens is 707 g/mol. The molecule has 7 rings (SSSR count). The molecule has 0 aromatic heterocycles. The predicted molar refractivity (Wildman–Crippen MR) is 246 cm³/mol. The van der Waals surface area contributed by atoms with Crippen molar-refractivity contribution >= 4 is 69.8 Å². The first-order chi connectivity index (χ1) is 28.5. The minimum atomic E-state index is 0.488. The zero-order chi connectivity index (χ0) is 40.3. The number of nitrogens with zero attached hydrogens (tertiary/aromatic N) is 5. The standard InChI is InChI=1S/C53H45N5/c1-5-56(6-2)46-33-35-52(36-34-46)58(48-15-11-8-12-16-48)51-29-21-41(22-30-51)19-25-43-38-53(55-4)44(37-45(43)39-54)26-20-42-23-31-50(32-24-42)57(47-13-9-7-10-14-47)49-27-17-40(3)18-28-49/h7-38H,5-6H2,1-3H3/b25-19-,26-20-. The molecular formula is C53H45N5. The van der Waals surface area contributed by atoms with Crippen LogP contribution in [-0.4, -0.2) is 13.1 Å². The second-order valence-electron chi connectivity index (χ2n) is 13.9. The predicted octanol–water partition coefficient (Wildman–Crippen LogP) is 14.5. The molecule has 0 aliphatic heterocycles. The number of aryl methyl sites for hydroxylation is 1. The Labute approximate surface area is 343 Å². The van der Waals surface area contributed by atoms with Gasteiger partial charge in [-0.3, -0.25) is 0 Å². The number of benzene rings is 7. The van der Waals surface area contributed by atoms with Crippen LogP contribution in [0.4, 0.5) is 45.5 Å². The minimum absolute atomic E-state index is 0.488. The molecule has 0 aliphatic carbocycles. The maximum atomic E-state index is 10.2. The Morgan fingerprint density at radius 1 is 0.500 bits per heavy atom. The Morgan fingerprint density at radius 2 is 0.897 bits per heavy atom. The molecule has 0 saturated heterocycles. The van der Waals surface area contributed by atoms with Gasteiger partial charge in [0.05, 0.1) is 18.2 Å². The molecule has 0 spiro atoms. The monoisotopic (exact) mass is 751 g/mol. The highest BCUT2D eigenvalue weighted by Crippen LogP contribution is 2.37. The lowest BCUT2D eigenvalue weighted by atomic mass is 10.0. The largest absolute Gasteiger partial charge is 0.372 e. The van der Waals surface area contributed by atoms with E-state index in [2.05, 4.69) is 180 Å². The fourth-order valence-electron chi connectivity index (χ4n) is 7.07. The highest BCUT2D eigenvalue weighted by atomic mass is 15.2. The fraction of sp³-hybridized carbons (Fsp3) is 0.0943. The van der Waals surface area contributed by atoms with Crippen LogP contribution >= 0.6 is 0 Å². The lowest BCUT2D eigenvalue weighted by molar-refractivity contribution is 0.866. The van der Waals surface area contributed by atoms with Crippen LogP contribution in [-0.2, 0) is 0 Å². The van der Waals surface area contributed by atoms with E-state index in [9.17, 15) is 5.26 Å². The lowest BCUT2D eigenvalue weighted by Gasteiger charge is -2.27. The number of hydrogen-bond donors (Lipinski definition) is 0. The van der Waals surface area contributed by atoms with E-state index in [4.69, 9.17) is 6.57 Å². The Balaban J connectivity index is 1.10. The topological polar surface area (TPSA) is 37.9 Å². The summed E-state index contributed by atoms with van der Waals surface area (Å²) < 4.78 is 0. The Bertz CT molecular complexity index is 2570. The zero-order valence-electron chi connectivity index (χ0n) is 33.1. The second kappa shape index (κ2) is 18.4. The molecule has 0 fully saturated rings. The van der Waals surface area contributed by atoms with Crippen LogP contribution in [0.15, 0.2) is 170 Å². The summed E-state index contributed by atoms with van der Waals surface area (Å²) in [6.07, 6.45) is 7.82. The van der Waals surface area contributed by atoms with Gasteiger partial charge in [0, 0.05) is 52.9 Å². The summed E-state index contributed by atoms with van der Waals surface area (Å²) in [5.41, 5.74) is 13.2. The summed E-state index contributed by atoms with van der Waals surface area (Å²) in [6, 6.07) is 60.6. The molecule has 7 aromatic carbocycles. The van der Waals surface area contributed by atoms with Gasteiger partial charge in [-0.25, -0.2) is 4.85 Å². The van der Waals surface area contributed by atoms with Gasteiger partial charge in [0.2, 0.25) is 0 Å². The van der Waals surface area contributed by atoms with E-state index in [-0.39, 0.29) is 0 Å². The van der Waals surface area contributed by atoms with Crippen LogP contribution in [0.1, 0.15) is 47.2 Å². The zero-order valence-corrected chi connectivity index (χ0v) is 33.1. The minimum Gasteiger partial charge on any atom is -0.372 e. The first-order valence-corrected chi connectivity index (χ1v) is 19.6. The van der Waals surface area contributed by atoms with Crippen molar-refractivity contribution < 1.29 is 0 Å². The number of nitriles is 1. The third kappa shape index (κ3) is 8.92. The van der Waals surface area contributed by atoms with Crippen molar-refractivity contribution in [2.75, 3.05) is 27.8 Å². The molecule has 0 radical (unpaired) electrons. The normalized spacial score (nSPS) is 11.0. The summed E-state index contributed by atoms with van der Waals surface area (Å²) in [6.45, 7) is 16.3. The molecule has 58 heavy (non-hydrogen) atoms. The summed E-state index contributed by atoms with van der Waals surface area (Å²) >= 11 is 0. The summed E-state index contributed by atoms with van der Waals surface area (Å²) in [5, 5.41) is 10.2. The molecule has 5 nitrogen and oxygen atoms in total. The number of anilines is 7. The summed E-state index contributed by atoms with van der Waals surface area (Å²) in [5.74, 6) is 0. The van der Waals surface area contributed by atoms with E-state index in [1.807, 2.05) is 48.6 Å². The van der Waals surface area contributed by atoms with Gasteiger partial charge < -0.3 is 14.7 Å². The molecule has 282 valence electrons. The van der Waals surface area contributed by atoms with Gasteiger partial charge >= 0.3 is 0 Å². The molecule has 0 saturated carbocycles. The van der Waals surface area contributed by atoms with Crippen LogP contribution in [0.3, 0.4) is 0 Å². The molecule has 0 N–H and O–H groups in total. The van der Waals surface area contributed by atoms with Crippen molar-refractivity contribution in [3.05, 3.63) is 215 Å². The molecule has 5 heteroatoms. The quantitative estimate of drug-likeness (QED) is 0.0869. The number of para-hydroxylation sites is 2. The van der Waals surface area contributed by atoms with Crippen molar-refractivity contribution in [3.8, 4) is 6.07 Å². The van der Waals surface area contributed by atoms with E-state index in [0.29, 0.717) is 22.4 Å². The van der Waals surface area contributed by atoms with Crippen molar-refractivity contribution in [1.29, 1.82) is 5.26 Å². The fourth-order valence-corrected chi connectivity index (χ4v) is 7.07. The van der Waals surface area contributed by atoms with Crippen LogP contribution in [0, 0.1) is 24.8 Å². The van der Waals surface area contributed by atoms with E-state index < -0.39 is 0 Å². The highest BCUT2D eigenvalue weighted by Gasteiger charge is 2.14. The molecule has 0 aliphatic rings. The van der Waals surface area contributed by atoms with Crippen LogP contribution in [0.2, 0.25) is 0 Å². The lowest BCUT2D eigenvalue weighted by Crippen LogP contribution is -2.21. The Morgan fingerprint density at radius 3 is 1.33 bits per heavy atom. The van der Waals surface area contributed by atoms with Crippen molar-refractivity contribution in [1.82, 2.24) is 0 Å². The smallest absolute Gasteiger partial charge is 0.194 e. The van der Waals surface area contributed by atoms with Gasteiger partial charge in [0.1, 0.15) is 0 Å². The third-order valence-corrected chi connectivity index (χ3v) is 10.2. The average Bonchev–Trinajstić information content (AvgIpc) is 3.28. The molecule has 0 bridgehead atoms. The second-order valence-corrected chi connectivity index (χ2v) is 13.9. The van der Waals surface area contributed by atoms with Gasteiger partial charge in [-0.2, -0.15) is 5.26 Å². The maximum absolute atomic E-state index is 10.2. The molecule has 0 unspecified atom stereocenters. The van der Waals surface area contributed by atoms with Gasteiger partial charge in [-0.05, 0) is 140 Å². The first kappa shape index (κ1) is 38.7. The third-order valence-electron chi connectivity index (χ3n) is 10.2. The van der Waals surface area contributed by atoms with E-state index in [0.717, 1.165) is 58.3 Å². The molecule has 0 amide bonds. The molecule has 7 aromatic rings. The van der Waals surface area contributed by atoms with Crippen molar-refractivity contribution in [2.24, 2.45) is 0 Å². The first-order valence-electron chi connectivity index (χ1n) is 19.6. The summed E-state index contributed by atoms with van der Waals surface area (Å²) in [4.78, 5) is 10.7. The van der Waals surface area contributed by atoms with Crippen LogP contribution < -0.4 is 14.7 Å². The van der Waals surface area contributed by atoms with E-state index >= 15 is 0 Å². The van der Waals surface area contributed by atoms with Gasteiger partial charge in [0.15, 0.2) is 5.69 Å². The SMILES string of the molecule is [C-]#[N+]c1cc(/C=C\c2ccc(N(c3ccccc3)c3ccc(N(CC)CC)cc3)cc2)c(C#N)cc1/C=C\c1ccc(N(c2ccccc2)c2ccc(C)cc2)cc1. The number of hydrogen-bond acceptors (Lipinski definition) is 4. The maximum Gasteiger partial charge on any atom is 0.194 e. The van der Waals surface area contributed by atoms with E-state index in [1.54, 1.807) is 12.1 Å². The average molecular weight is 752 g/mol. The van der Waals surface area contributed by atoms with Crippen LogP contribution in [0.5, 0.6) is 0 Å². The summed E-state index contributed by atoms with van der Waals surface area (Å²) in [7, 11) is 0. The molecule has 0 heterocycles. The Kier molecular flexibility index (Phi) is 12.2. The van der Waals surface area contributed by atoms with Crippen molar-refractivity contribution in [2.45, 2.75) is 20.8 Å². The van der Waals surface area contributed by atoms with Crippen LogP contribution in [0.25, 0.3) is 29.1 Å². The Hall–Kier alpha value is -7.60. The highest BCUT2D eigenvalue weighted by molar-refractivity contribution is 5.84. The van der Waals surface area contributed by atoms with E-state index in [1.165, 1.54) is 11.3 Å². The van der Waals surface area contributed by atoms with Crippen molar-refractivity contribution in [3.63, 3.8) is 0 Å². The van der Waals surface area contributed by atoms with Gasteiger partial charge in [-0.1, -0.05) is 103 Å². The molecule has 0 atom stereocenters. The number of rotatable bonds is 13.